The minimum atomic E-state index is -0.480. The van der Waals surface area contributed by atoms with Crippen LogP contribution in [0.5, 0.6) is 0 Å². The third-order valence-corrected chi connectivity index (χ3v) is 8.24. The quantitative estimate of drug-likeness (QED) is 0.273. The number of halogens is 1. The molecule has 0 aliphatic carbocycles. The number of anilines is 2. The van der Waals surface area contributed by atoms with Crippen LogP contribution >= 0.6 is 23.4 Å². The second-order valence-electron chi connectivity index (χ2n) is 9.79. The number of nitrogens with zero attached hydrogens (tertiary/aromatic N) is 3. The second-order valence-corrected chi connectivity index (χ2v) is 11.2. The minimum absolute atomic E-state index is 0.283. The molecule has 8 nitrogen and oxygen atoms in total. The number of fused-ring (bicyclic) bond motifs is 1. The monoisotopic (exact) mass is 586 g/mol. The summed E-state index contributed by atoms with van der Waals surface area (Å²) in [5, 5.41) is 4.06. The molecule has 0 atom stereocenters. The number of hydrogen-bond acceptors (Lipinski definition) is 6. The molecule has 0 saturated carbocycles. The molecule has 10 heteroatoms. The summed E-state index contributed by atoms with van der Waals surface area (Å²) in [5.41, 5.74) is 4.43. The van der Waals surface area contributed by atoms with Crippen LogP contribution in [0.1, 0.15) is 11.1 Å². The molecule has 2 saturated heterocycles. The van der Waals surface area contributed by atoms with Crippen LogP contribution in [0.25, 0.3) is 17.0 Å². The fraction of sp³-hybridized carbons (Fsp3) is 0.194. The minimum Gasteiger partial charge on any atom is -0.378 e. The van der Waals surface area contributed by atoms with Gasteiger partial charge in [0.15, 0.2) is 0 Å². The average Bonchev–Trinajstić information content (AvgIpc) is 3.46. The number of carbonyl (C=O) groups excluding carboxylic acids is 3. The predicted octanol–water partition coefficient (Wildman–Crippen LogP) is 5.85. The number of nitrogens with one attached hydrogen (secondary N) is 1. The van der Waals surface area contributed by atoms with Crippen LogP contribution < -0.4 is 10.2 Å². The van der Waals surface area contributed by atoms with Crippen molar-refractivity contribution in [2.75, 3.05) is 43.1 Å². The zero-order valence-corrected chi connectivity index (χ0v) is 23.7. The van der Waals surface area contributed by atoms with Crippen molar-refractivity contribution in [1.29, 1.82) is 0 Å². The summed E-state index contributed by atoms with van der Waals surface area (Å²) in [6.45, 7) is 2.93. The molecule has 6 rings (SSSR count). The fourth-order valence-corrected chi connectivity index (χ4v) is 6.03. The van der Waals surface area contributed by atoms with E-state index < -0.39 is 17.1 Å². The first kappa shape index (κ1) is 27.1. The van der Waals surface area contributed by atoms with E-state index in [1.807, 2.05) is 79.0 Å². The molecule has 0 spiro atoms. The van der Waals surface area contributed by atoms with Gasteiger partial charge in [-0.2, -0.15) is 0 Å². The molecule has 4 aromatic rings. The highest BCUT2D eigenvalue weighted by molar-refractivity contribution is 8.18. The summed E-state index contributed by atoms with van der Waals surface area (Å²) < 4.78 is 7.54. The Balaban J connectivity index is 1.19. The van der Waals surface area contributed by atoms with Crippen molar-refractivity contribution in [2.45, 2.75) is 6.54 Å². The molecule has 3 aromatic carbocycles. The summed E-state index contributed by atoms with van der Waals surface area (Å²) in [7, 11) is 0. The summed E-state index contributed by atoms with van der Waals surface area (Å²) in [6.07, 6.45) is 3.71. The van der Waals surface area contributed by atoms with Crippen LogP contribution in [-0.4, -0.2) is 59.4 Å². The first-order chi connectivity index (χ1) is 20.0. The Bertz CT molecular complexity index is 1660. The fourth-order valence-electron chi connectivity index (χ4n) is 5.08. The van der Waals surface area contributed by atoms with Gasteiger partial charge in [-0.05, 0) is 53.7 Å². The largest absolute Gasteiger partial charge is 0.378 e. The van der Waals surface area contributed by atoms with Crippen LogP contribution in [-0.2, 0) is 20.9 Å². The smallest absolute Gasteiger partial charge is 0.294 e. The van der Waals surface area contributed by atoms with E-state index in [4.69, 9.17) is 16.3 Å². The Morgan fingerprint density at radius 3 is 2.51 bits per heavy atom. The van der Waals surface area contributed by atoms with Crippen LogP contribution in [0.3, 0.4) is 0 Å². The van der Waals surface area contributed by atoms with Crippen LogP contribution in [0.4, 0.5) is 16.2 Å². The lowest BCUT2D eigenvalue weighted by Gasteiger charge is -2.30. The third kappa shape index (κ3) is 5.88. The second kappa shape index (κ2) is 11.8. The first-order valence-electron chi connectivity index (χ1n) is 13.3. The molecule has 2 fully saturated rings. The van der Waals surface area contributed by atoms with Gasteiger partial charge in [0.05, 0.1) is 29.5 Å². The molecule has 0 radical (unpaired) electrons. The predicted molar refractivity (Wildman–Crippen MR) is 163 cm³/mol. The van der Waals surface area contributed by atoms with Gasteiger partial charge in [0, 0.05) is 47.3 Å². The maximum Gasteiger partial charge on any atom is 0.294 e. The number of para-hydroxylation sites is 3. The molecule has 3 amide bonds. The van der Waals surface area contributed by atoms with Crippen LogP contribution in [0.2, 0.25) is 5.02 Å². The average molecular weight is 587 g/mol. The van der Waals surface area contributed by atoms with Gasteiger partial charge in [0.25, 0.3) is 11.1 Å². The molecule has 2 aliphatic rings. The van der Waals surface area contributed by atoms with E-state index in [0.29, 0.717) is 30.5 Å². The number of morpholine rings is 1. The normalized spacial score (nSPS) is 16.7. The van der Waals surface area contributed by atoms with Gasteiger partial charge in [-0.25, -0.2) is 0 Å². The van der Waals surface area contributed by atoms with E-state index >= 15 is 0 Å². The standard InChI is InChI=1S/C31H27ClN4O4S/c32-23-11-9-21(10-12-23)18-35-19-22(24-5-1-3-7-26(24)35)17-28-30(38)36(31(39)41-28)20-29(37)33-25-6-2-4-8-27(25)34-13-15-40-16-14-34/h1-12,17,19H,13-16,18,20H2,(H,33,37)/b28-17-. The number of benzene rings is 3. The lowest BCUT2D eigenvalue weighted by molar-refractivity contribution is -0.127. The van der Waals surface area contributed by atoms with Crippen molar-refractivity contribution >= 4 is 68.8 Å². The SMILES string of the molecule is O=C(CN1C(=O)S/C(=C\c2cn(Cc3ccc(Cl)cc3)c3ccccc23)C1=O)Nc1ccccc1N1CCOCC1. The Kier molecular flexibility index (Phi) is 7.82. The Morgan fingerprint density at radius 2 is 1.71 bits per heavy atom. The molecule has 0 unspecified atom stereocenters. The van der Waals surface area contributed by atoms with Crippen molar-refractivity contribution in [3.63, 3.8) is 0 Å². The lowest BCUT2D eigenvalue weighted by atomic mass is 10.1. The van der Waals surface area contributed by atoms with E-state index in [-0.39, 0.29) is 11.4 Å². The number of amides is 3. The molecule has 3 heterocycles. The van der Waals surface area contributed by atoms with Crippen molar-refractivity contribution in [3.8, 4) is 0 Å². The molecular formula is C31H27ClN4O4S. The first-order valence-corrected chi connectivity index (χ1v) is 14.4. The summed E-state index contributed by atoms with van der Waals surface area (Å²) in [4.78, 5) is 42.5. The number of hydrogen-bond donors (Lipinski definition) is 1. The summed E-state index contributed by atoms with van der Waals surface area (Å²) in [5.74, 6) is -0.917. The number of ether oxygens (including phenoxy) is 1. The Morgan fingerprint density at radius 1 is 0.976 bits per heavy atom. The molecular weight excluding hydrogens is 560 g/mol. The maximum atomic E-state index is 13.3. The van der Waals surface area contributed by atoms with Crippen LogP contribution in [0, 0.1) is 0 Å². The van der Waals surface area contributed by atoms with Gasteiger partial charge in [0.2, 0.25) is 5.91 Å². The van der Waals surface area contributed by atoms with E-state index in [1.165, 1.54) is 0 Å². The zero-order chi connectivity index (χ0) is 28.3. The van der Waals surface area contributed by atoms with Crippen molar-refractivity contribution < 1.29 is 19.1 Å². The van der Waals surface area contributed by atoms with Gasteiger partial charge >= 0.3 is 0 Å². The van der Waals surface area contributed by atoms with Crippen molar-refractivity contribution in [1.82, 2.24) is 9.47 Å². The lowest BCUT2D eigenvalue weighted by Crippen LogP contribution is -2.38. The summed E-state index contributed by atoms with van der Waals surface area (Å²) in [6, 6.07) is 23.1. The number of carbonyl (C=O) groups is 3. The Labute approximate surface area is 246 Å². The van der Waals surface area contributed by atoms with E-state index in [0.717, 1.165) is 57.5 Å². The molecule has 1 aromatic heterocycles. The van der Waals surface area contributed by atoms with E-state index in [2.05, 4.69) is 14.8 Å². The van der Waals surface area contributed by atoms with Gasteiger partial charge in [-0.1, -0.05) is 54.1 Å². The van der Waals surface area contributed by atoms with Crippen molar-refractivity contribution in [2.24, 2.45) is 0 Å². The third-order valence-electron chi connectivity index (χ3n) is 7.08. The molecule has 208 valence electrons. The number of aromatic nitrogens is 1. The maximum absolute atomic E-state index is 13.3. The van der Waals surface area contributed by atoms with Crippen molar-refractivity contribution in [3.05, 3.63) is 100 Å². The van der Waals surface area contributed by atoms with E-state index in [1.54, 1.807) is 6.08 Å². The number of thioether (sulfide) groups is 1. The highest BCUT2D eigenvalue weighted by atomic mass is 35.5. The van der Waals surface area contributed by atoms with Gasteiger partial charge in [0.1, 0.15) is 6.54 Å². The van der Waals surface area contributed by atoms with E-state index in [9.17, 15) is 14.4 Å². The molecule has 1 N–H and O–H groups in total. The molecule has 0 bridgehead atoms. The highest BCUT2D eigenvalue weighted by Gasteiger charge is 2.36. The summed E-state index contributed by atoms with van der Waals surface area (Å²) >= 11 is 6.89. The van der Waals surface area contributed by atoms with Crippen LogP contribution in [0.15, 0.2) is 83.9 Å². The number of rotatable bonds is 7. The highest BCUT2D eigenvalue weighted by Crippen LogP contribution is 2.34. The topological polar surface area (TPSA) is 83.9 Å². The molecule has 41 heavy (non-hydrogen) atoms. The van der Waals surface area contributed by atoms with Gasteiger partial charge < -0.3 is 19.5 Å². The van der Waals surface area contributed by atoms with Gasteiger partial charge in [-0.3, -0.25) is 19.3 Å². The number of imide groups is 1. The van der Waals surface area contributed by atoms with Gasteiger partial charge in [-0.15, -0.1) is 0 Å². The zero-order valence-electron chi connectivity index (χ0n) is 22.1. The molecule has 2 aliphatic heterocycles. The Hall–Kier alpha value is -4.05.